The molecule has 0 saturated heterocycles. The lowest BCUT2D eigenvalue weighted by molar-refractivity contribution is 0.170. The summed E-state index contributed by atoms with van der Waals surface area (Å²) in [6.45, 7) is 6.06. The van der Waals surface area contributed by atoms with Crippen LogP contribution in [0.15, 0.2) is 36.7 Å². The molecule has 0 amide bonds. The third-order valence-electron chi connectivity index (χ3n) is 3.00. The van der Waals surface area contributed by atoms with Gasteiger partial charge >= 0.3 is 0 Å². The van der Waals surface area contributed by atoms with Gasteiger partial charge in [0, 0.05) is 11.6 Å². The normalized spacial score (nSPS) is 12.7. The third-order valence-corrected chi connectivity index (χ3v) is 3.00. The molecule has 1 heterocycles. The van der Waals surface area contributed by atoms with Crippen LogP contribution in [0.2, 0.25) is 0 Å². The van der Waals surface area contributed by atoms with Crippen molar-refractivity contribution in [2.45, 2.75) is 39.3 Å². The van der Waals surface area contributed by atoms with E-state index in [0.29, 0.717) is 24.0 Å². The number of nitrogens with zero attached hydrogens (tertiary/aromatic N) is 2. The van der Waals surface area contributed by atoms with Crippen LogP contribution in [0.4, 0.5) is 0 Å². The minimum Gasteiger partial charge on any atom is -0.454 e. The first-order chi connectivity index (χ1) is 9.11. The minimum absolute atomic E-state index is 0.300. The molecule has 1 aromatic carbocycles. The molecule has 1 aromatic heterocycles. The van der Waals surface area contributed by atoms with Gasteiger partial charge in [-0.1, -0.05) is 25.1 Å². The number of hydrogen-bond donors (Lipinski definition) is 1. The van der Waals surface area contributed by atoms with Gasteiger partial charge in [0.2, 0.25) is 0 Å². The van der Waals surface area contributed by atoms with Crippen molar-refractivity contribution in [2.75, 3.05) is 0 Å². The van der Waals surface area contributed by atoms with Crippen molar-refractivity contribution in [3.63, 3.8) is 0 Å². The first kappa shape index (κ1) is 13.6. The van der Waals surface area contributed by atoms with Crippen molar-refractivity contribution in [1.82, 2.24) is 9.78 Å². The van der Waals surface area contributed by atoms with Gasteiger partial charge in [0.15, 0.2) is 5.75 Å². The lowest BCUT2D eigenvalue weighted by Gasteiger charge is -2.13. The molecule has 1 N–H and O–H groups in total. The monoisotopic (exact) mass is 260 g/mol. The number of aliphatic hydroxyl groups excluding tert-OH is 1. The van der Waals surface area contributed by atoms with Gasteiger partial charge in [-0.05, 0) is 26.3 Å². The summed E-state index contributed by atoms with van der Waals surface area (Å²) in [5, 5.41) is 14.2. The summed E-state index contributed by atoms with van der Waals surface area (Å²) in [5.41, 5.74) is 0.808. The summed E-state index contributed by atoms with van der Waals surface area (Å²) in [5.74, 6) is 1.37. The van der Waals surface area contributed by atoms with Crippen molar-refractivity contribution >= 4 is 0 Å². The van der Waals surface area contributed by atoms with Gasteiger partial charge in [-0.3, -0.25) is 4.68 Å². The molecule has 0 radical (unpaired) electrons. The summed E-state index contributed by atoms with van der Waals surface area (Å²) in [6.07, 6.45) is 3.71. The number of hydrogen-bond acceptors (Lipinski definition) is 3. The van der Waals surface area contributed by atoms with E-state index in [9.17, 15) is 5.11 Å². The lowest BCUT2D eigenvalue weighted by atomic mass is 10.1. The molecule has 2 aromatic rings. The lowest BCUT2D eigenvalue weighted by Crippen LogP contribution is -2.00. The number of aromatic nitrogens is 2. The van der Waals surface area contributed by atoms with Gasteiger partial charge in [0.05, 0.1) is 18.5 Å². The largest absolute Gasteiger partial charge is 0.454 e. The molecule has 1 atom stereocenters. The molecule has 4 nitrogen and oxygen atoms in total. The van der Waals surface area contributed by atoms with Crippen LogP contribution in [0.1, 0.15) is 44.9 Å². The fraction of sp³-hybridized carbons (Fsp3) is 0.400. The van der Waals surface area contributed by atoms with E-state index >= 15 is 0 Å². The number of aliphatic hydroxyl groups is 1. The molecular weight excluding hydrogens is 240 g/mol. The zero-order chi connectivity index (χ0) is 13.8. The van der Waals surface area contributed by atoms with Gasteiger partial charge in [-0.25, -0.2) is 0 Å². The van der Waals surface area contributed by atoms with Crippen LogP contribution < -0.4 is 4.74 Å². The Morgan fingerprint density at radius 3 is 2.68 bits per heavy atom. The number of ether oxygens (including phenoxy) is 1. The van der Waals surface area contributed by atoms with E-state index < -0.39 is 6.10 Å². The van der Waals surface area contributed by atoms with Crippen molar-refractivity contribution in [2.24, 2.45) is 0 Å². The second-order valence-corrected chi connectivity index (χ2v) is 4.81. The molecule has 0 aliphatic carbocycles. The summed E-state index contributed by atoms with van der Waals surface area (Å²) in [6, 6.07) is 7.85. The molecule has 102 valence electrons. The van der Waals surface area contributed by atoms with Gasteiger partial charge < -0.3 is 9.84 Å². The quantitative estimate of drug-likeness (QED) is 0.891. The first-order valence-electron chi connectivity index (χ1n) is 6.60. The van der Waals surface area contributed by atoms with Crippen LogP contribution in [0.25, 0.3) is 0 Å². The SMILES string of the molecule is CC[C@H](O)c1ccccc1Oc1cnn(C(C)C)c1. The number of rotatable bonds is 5. The Kier molecular flexibility index (Phi) is 4.22. The Hall–Kier alpha value is -1.81. The smallest absolute Gasteiger partial charge is 0.165 e. The molecule has 0 bridgehead atoms. The van der Waals surface area contributed by atoms with Crippen LogP contribution >= 0.6 is 0 Å². The van der Waals surface area contributed by atoms with E-state index in [2.05, 4.69) is 18.9 Å². The van der Waals surface area contributed by atoms with E-state index in [4.69, 9.17) is 4.74 Å². The minimum atomic E-state index is -0.503. The summed E-state index contributed by atoms with van der Waals surface area (Å²) in [4.78, 5) is 0. The number of para-hydroxylation sites is 1. The third kappa shape index (κ3) is 3.15. The average Bonchev–Trinajstić information content (AvgIpc) is 2.87. The maximum Gasteiger partial charge on any atom is 0.165 e. The molecule has 0 spiro atoms. The van der Waals surface area contributed by atoms with Gasteiger partial charge in [0.25, 0.3) is 0 Å². The molecule has 0 saturated carbocycles. The average molecular weight is 260 g/mol. The fourth-order valence-corrected chi connectivity index (χ4v) is 1.85. The predicted octanol–water partition coefficient (Wildman–Crippen LogP) is 3.70. The number of benzene rings is 1. The van der Waals surface area contributed by atoms with Crippen LogP contribution in [-0.4, -0.2) is 14.9 Å². The van der Waals surface area contributed by atoms with E-state index in [-0.39, 0.29) is 0 Å². The molecule has 0 aliphatic heterocycles. The van der Waals surface area contributed by atoms with Crippen molar-refractivity contribution in [3.8, 4) is 11.5 Å². The van der Waals surface area contributed by atoms with E-state index in [1.807, 2.05) is 42.1 Å². The van der Waals surface area contributed by atoms with Crippen molar-refractivity contribution in [1.29, 1.82) is 0 Å². The van der Waals surface area contributed by atoms with Gasteiger partial charge in [0.1, 0.15) is 5.75 Å². The predicted molar refractivity (Wildman–Crippen MR) is 74.4 cm³/mol. The zero-order valence-electron chi connectivity index (χ0n) is 11.6. The second kappa shape index (κ2) is 5.89. The summed E-state index contributed by atoms with van der Waals surface area (Å²) in [7, 11) is 0. The molecule has 0 aliphatic rings. The summed E-state index contributed by atoms with van der Waals surface area (Å²) < 4.78 is 7.66. The van der Waals surface area contributed by atoms with Gasteiger partial charge in [-0.15, -0.1) is 0 Å². The highest BCUT2D eigenvalue weighted by atomic mass is 16.5. The van der Waals surface area contributed by atoms with E-state index in [0.717, 1.165) is 5.56 Å². The van der Waals surface area contributed by atoms with Crippen LogP contribution in [-0.2, 0) is 0 Å². The van der Waals surface area contributed by atoms with Crippen LogP contribution in [0, 0.1) is 0 Å². The Morgan fingerprint density at radius 1 is 1.32 bits per heavy atom. The molecule has 0 unspecified atom stereocenters. The van der Waals surface area contributed by atoms with Gasteiger partial charge in [-0.2, -0.15) is 5.10 Å². The fourth-order valence-electron chi connectivity index (χ4n) is 1.85. The Morgan fingerprint density at radius 2 is 2.05 bits per heavy atom. The van der Waals surface area contributed by atoms with Crippen LogP contribution in [0.5, 0.6) is 11.5 Å². The summed E-state index contributed by atoms with van der Waals surface area (Å²) >= 11 is 0. The second-order valence-electron chi connectivity index (χ2n) is 4.81. The van der Waals surface area contributed by atoms with Crippen molar-refractivity contribution < 1.29 is 9.84 Å². The Bertz CT molecular complexity index is 534. The molecule has 0 fully saturated rings. The Labute approximate surface area is 113 Å². The molecule has 4 heteroatoms. The topological polar surface area (TPSA) is 47.3 Å². The molecular formula is C15H20N2O2. The standard InChI is InChI=1S/C15H20N2O2/c1-4-14(18)13-7-5-6-8-15(13)19-12-9-16-17(10-12)11(2)3/h5-11,14,18H,4H2,1-3H3/t14-/m0/s1. The molecule has 19 heavy (non-hydrogen) atoms. The van der Waals surface area contributed by atoms with E-state index in [1.165, 1.54) is 0 Å². The van der Waals surface area contributed by atoms with E-state index in [1.54, 1.807) is 6.20 Å². The highest BCUT2D eigenvalue weighted by molar-refractivity contribution is 5.38. The highest BCUT2D eigenvalue weighted by Gasteiger charge is 2.12. The maximum absolute atomic E-state index is 9.98. The van der Waals surface area contributed by atoms with Crippen molar-refractivity contribution in [3.05, 3.63) is 42.2 Å². The molecule has 2 rings (SSSR count). The van der Waals surface area contributed by atoms with Crippen LogP contribution in [0.3, 0.4) is 0 Å². The Balaban J connectivity index is 2.22. The zero-order valence-corrected chi connectivity index (χ0v) is 11.6. The highest BCUT2D eigenvalue weighted by Crippen LogP contribution is 2.30. The maximum atomic E-state index is 9.98. The first-order valence-corrected chi connectivity index (χ1v) is 6.60.